The van der Waals surface area contributed by atoms with Gasteiger partial charge in [-0.3, -0.25) is 0 Å². The van der Waals surface area contributed by atoms with E-state index in [0.29, 0.717) is 53.9 Å². The predicted octanol–water partition coefficient (Wildman–Crippen LogP) is 13.8. The molecule has 4 aromatic carbocycles. The predicted molar refractivity (Wildman–Crippen MR) is 220 cm³/mol. The summed E-state index contributed by atoms with van der Waals surface area (Å²) >= 11 is 28.8. The van der Waals surface area contributed by atoms with Crippen LogP contribution in [0.4, 0.5) is 0 Å². The van der Waals surface area contributed by atoms with Crippen molar-refractivity contribution in [1.82, 2.24) is 19.9 Å². The summed E-state index contributed by atoms with van der Waals surface area (Å²) in [6, 6.07) is 44.0. The SMILES string of the molecule is ClC1=Cc2nc1c(-c1ccccc1)c1cc(Cl)c([nH]1)c(-c1ccccc1)c1nc(c(-c3ccccc3)c3cc(Cl)c([nH]3)c2-c2ccccc2)C(Cl)=C1. The van der Waals surface area contributed by atoms with Gasteiger partial charge in [-0.1, -0.05) is 168 Å². The number of aromatic amines is 2. The zero-order valence-corrected chi connectivity index (χ0v) is 30.3. The van der Waals surface area contributed by atoms with Gasteiger partial charge < -0.3 is 9.97 Å². The van der Waals surface area contributed by atoms with Gasteiger partial charge in [-0.25, -0.2) is 9.97 Å². The molecule has 0 radical (unpaired) electrons. The quantitative estimate of drug-likeness (QED) is 0.188. The summed E-state index contributed by atoms with van der Waals surface area (Å²) in [5, 5.41) is 2.00. The third-order valence-electron chi connectivity index (χ3n) is 9.26. The van der Waals surface area contributed by atoms with Gasteiger partial charge >= 0.3 is 0 Å². The molecule has 0 unspecified atom stereocenters. The molecule has 2 aliphatic rings. The smallest absolute Gasteiger partial charge is 0.0923 e. The van der Waals surface area contributed by atoms with Crippen molar-refractivity contribution in [3.63, 3.8) is 0 Å². The molecular weight excluding hydrogens is 726 g/mol. The minimum Gasteiger partial charge on any atom is -0.353 e. The first-order valence-corrected chi connectivity index (χ1v) is 18.1. The number of nitrogens with zero attached hydrogens (tertiary/aromatic N) is 2. The molecule has 2 aliphatic heterocycles. The van der Waals surface area contributed by atoms with Crippen LogP contribution in [0.2, 0.25) is 10.0 Å². The Bertz CT molecular complexity index is 2560. The van der Waals surface area contributed by atoms with E-state index < -0.39 is 0 Å². The molecule has 52 heavy (non-hydrogen) atoms. The highest BCUT2D eigenvalue weighted by Crippen LogP contribution is 2.44. The number of fused-ring (bicyclic) bond motifs is 8. The van der Waals surface area contributed by atoms with Gasteiger partial charge in [0.1, 0.15) is 0 Å². The van der Waals surface area contributed by atoms with Crippen LogP contribution in [-0.4, -0.2) is 19.9 Å². The van der Waals surface area contributed by atoms with Crippen LogP contribution >= 0.6 is 46.4 Å². The Morgan fingerprint density at radius 1 is 0.385 bits per heavy atom. The molecule has 0 amide bonds. The molecule has 4 nitrogen and oxygen atoms in total. The van der Waals surface area contributed by atoms with Crippen molar-refractivity contribution in [2.24, 2.45) is 0 Å². The Kier molecular flexibility index (Phi) is 8.33. The van der Waals surface area contributed by atoms with Crippen LogP contribution in [-0.2, 0) is 0 Å². The number of H-pyrrole nitrogens is 2. The third-order valence-corrected chi connectivity index (χ3v) is 10.4. The van der Waals surface area contributed by atoms with E-state index in [0.717, 1.165) is 55.5 Å². The van der Waals surface area contributed by atoms with E-state index in [1.165, 1.54) is 0 Å². The number of rotatable bonds is 4. The lowest BCUT2D eigenvalue weighted by atomic mass is 10.0. The molecule has 9 rings (SSSR count). The van der Waals surface area contributed by atoms with Gasteiger partial charge in [-0.05, 0) is 46.5 Å². The van der Waals surface area contributed by atoms with Crippen molar-refractivity contribution < 1.29 is 0 Å². The van der Waals surface area contributed by atoms with Crippen LogP contribution in [0.5, 0.6) is 0 Å². The first-order chi connectivity index (χ1) is 25.4. The normalized spacial score (nSPS) is 12.5. The van der Waals surface area contributed by atoms with Gasteiger partial charge in [-0.15, -0.1) is 0 Å². The van der Waals surface area contributed by atoms with E-state index in [9.17, 15) is 0 Å². The molecule has 0 fully saturated rings. The van der Waals surface area contributed by atoms with Gasteiger partial charge in [0.05, 0.1) is 65.0 Å². The molecule has 0 atom stereocenters. The summed E-state index contributed by atoms with van der Waals surface area (Å²) in [6.07, 6.45) is 3.79. The van der Waals surface area contributed by atoms with Crippen molar-refractivity contribution in [3.05, 3.63) is 166 Å². The third kappa shape index (κ3) is 5.65. The number of halogens is 4. The first-order valence-electron chi connectivity index (χ1n) is 16.6. The molecule has 8 heteroatoms. The molecule has 0 saturated carbocycles. The van der Waals surface area contributed by atoms with Gasteiger partial charge in [0, 0.05) is 22.3 Å². The molecular formula is C44H26Cl4N4. The number of benzene rings is 4. The number of nitrogens with one attached hydrogen (secondary N) is 2. The van der Waals surface area contributed by atoms with Crippen LogP contribution in [0.15, 0.2) is 133 Å². The molecule has 250 valence electrons. The second-order valence-electron chi connectivity index (χ2n) is 12.5. The van der Waals surface area contributed by atoms with Crippen molar-refractivity contribution in [3.8, 4) is 44.5 Å². The van der Waals surface area contributed by atoms with Crippen LogP contribution in [0.25, 0.3) is 88.8 Å². The fraction of sp³-hybridized carbons (Fsp3) is 0. The zero-order valence-electron chi connectivity index (χ0n) is 27.3. The molecule has 0 saturated heterocycles. The highest BCUT2D eigenvalue weighted by molar-refractivity contribution is 6.53. The number of hydrogen-bond donors (Lipinski definition) is 2. The van der Waals surface area contributed by atoms with Crippen LogP contribution in [0.3, 0.4) is 0 Å². The molecule has 0 aliphatic carbocycles. The standard InChI is InChI=1S/C44H26Cl4N4/c45-29-22-34-38(26-15-7-2-8-16-26)43-31(47)24-36(52-43)40(28-19-11-4-12-20-28)44-32(48)23-35(51-44)39(27-17-9-3-10-18-27)42-30(46)21-33(49-42)37(41(29)50-34)25-13-5-1-6-14-25/h1-24,49,52H. The summed E-state index contributed by atoms with van der Waals surface area (Å²) in [5.41, 5.74) is 12.2. The summed E-state index contributed by atoms with van der Waals surface area (Å²) in [5.74, 6) is 0. The van der Waals surface area contributed by atoms with Crippen LogP contribution < -0.4 is 0 Å². The molecule has 7 aromatic rings. The lowest BCUT2D eigenvalue weighted by molar-refractivity contribution is 1.31. The average molecular weight is 753 g/mol. The number of aromatic nitrogens is 4. The molecule has 0 spiro atoms. The average Bonchev–Trinajstić information content (AvgIpc) is 3.94. The van der Waals surface area contributed by atoms with E-state index >= 15 is 0 Å². The largest absolute Gasteiger partial charge is 0.353 e. The fourth-order valence-electron chi connectivity index (χ4n) is 6.99. The summed E-state index contributed by atoms with van der Waals surface area (Å²) in [4.78, 5) is 17.9. The van der Waals surface area contributed by atoms with Gasteiger partial charge in [0.25, 0.3) is 0 Å². The molecule has 8 bridgehead atoms. The van der Waals surface area contributed by atoms with E-state index in [2.05, 4.69) is 9.97 Å². The Labute approximate surface area is 319 Å². The van der Waals surface area contributed by atoms with E-state index in [-0.39, 0.29) is 0 Å². The molecule has 3 aromatic heterocycles. The Hall–Kier alpha value is -5.36. The topological polar surface area (TPSA) is 57.4 Å². The minimum atomic E-state index is 0.485. The highest BCUT2D eigenvalue weighted by atomic mass is 35.5. The maximum Gasteiger partial charge on any atom is 0.0923 e. The second-order valence-corrected chi connectivity index (χ2v) is 14.1. The summed E-state index contributed by atoms with van der Waals surface area (Å²) in [6.45, 7) is 0. The van der Waals surface area contributed by atoms with Crippen molar-refractivity contribution in [2.75, 3.05) is 0 Å². The van der Waals surface area contributed by atoms with Crippen molar-refractivity contribution in [2.45, 2.75) is 0 Å². The molecule has 5 heterocycles. The maximum absolute atomic E-state index is 7.21. The highest BCUT2D eigenvalue weighted by Gasteiger charge is 2.24. The van der Waals surface area contributed by atoms with E-state index in [1.807, 2.05) is 146 Å². The Morgan fingerprint density at radius 2 is 0.692 bits per heavy atom. The van der Waals surface area contributed by atoms with Gasteiger partial charge in [-0.2, -0.15) is 0 Å². The van der Waals surface area contributed by atoms with E-state index in [1.54, 1.807) is 0 Å². The molecule has 2 N–H and O–H groups in total. The fourth-order valence-corrected chi connectivity index (χ4v) is 7.97. The van der Waals surface area contributed by atoms with Crippen LogP contribution in [0, 0.1) is 0 Å². The van der Waals surface area contributed by atoms with Gasteiger partial charge in [0.2, 0.25) is 0 Å². The lowest BCUT2D eigenvalue weighted by Crippen LogP contribution is -1.90. The monoisotopic (exact) mass is 750 g/mol. The van der Waals surface area contributed by atoms with Gasteiger partial charge in [0.15, 0.2) is 0 Å². The summed E-state index contributed by atoms with van der Waals surface area (Å²) < 4.78 is 0. The lowest BCUT2D eigenvalue weighted by Gasteiger charge is -2.07. The van der Waals surface area contributed by atoms with E-state index in [4.69, 9.17) is 56.4 Å². The van der Waals surface area contributed by atoms with Crippen LogP contribution in [0.1, 0.15) is 22.8 Å². The Morgan fingerprint density at radius 3 is 1.02 bits per heavy atom. The summed E-state index contributed by atoms with van der Waals surface area (Å²) in [7, 11) is 0. The second kappa shape index (κ2) is 13.3. The maximum atomic E-state index is 7.21. The van der Waals surface area contributed by atoms with Crippen molar-refractivity contribution in [1.29, 1.82) is 0 Å². The van der Waals surface area contributed by atoms with Crippen molar-refractivity contribution >= 4 is 90.7 Å². The minimum absolute atomic E-state index is 0.485. The zero-order chi connectivity index (χ0) is 35.3. The first kappa shape index (κ1) is 32.5. The Balaban J connectivity index is 1.56. The number of hydrogen-bond acceptors (Lipinski definition) is 2.